The lowest BCUT2D eigenvalue weighted by Gasteiger charge is -2.13. The van der Waals surface area contributed by atoms with Crippen LogP contribution in [0.25, 0.3) is 0 Å². The molecule has 0 saturated heterocycles. The van der Waals surface area contributed by atoms with Crippen molar-refractivity contribution in [2.24, 2.45) is 0 Å². The van der Waals surface area contributed by atoms with Gasteiger partial charge < -0.3 is 10.6 Å². The van der Waals surface area contributed by atoms with Crippen molar-refractivity contribution in [1.82, 2.24) is 4.31 Å². The van der Waals surface area contributed by atoms with E-state index in [0.717, 1.165) is 4.31 Å². The Balaban J connectivity index is 2.02. The number of benzene rings is 2. The van der Waals surface area contributed by atoms with Gasteiger partial charge in [-0.2, -0.15) is 0 Å². The third-order valence-corrected chi connectivity index (χ3v) is 5.43. The molecule has 2 aromatic rings. The summed E-state index contributed by atoms with van der Waals surface area (Å²) in [6, 6.07) is 12.9. The second-order valence-electron chi connectivity index (χ2n) is 5.85. The van der Waals surface area contributed by atoms with Crippen LogP contribution in [0.2, 0.25) is 0 Å². The number of nitrogens with one attached hydrogen (secondary N) is 2. The van der Waals surface area contributed by atoms with E-state index in [9.17, 15) is 18.0 Å². The van der Waals surface area contributed by atoms with E-state index < -0.39 is 10.0 Å². The van der Waals surface area contributed by atoms with Crippen molar-refractivity contribution in [3.8, 4) is 0 Å². The molecule has 0 aromatic heterocycles. The maximum atomic E-state index is 12.1. The molecule has 0 aliphatic heterocycles. The first kappa shape index (κ1) is 19.6. The van der Waals surface area contributed by atoms with Crippen molar-refractivity contribution in [3.63, 3.8) is 0 Å². The van der Waals surface area contributed by atoms with Gasteiger partial charge in [-0.25, -0.2) is 12.7 Å². The number of anilines is 2. The van der Waals surface area contributed by atoms with E-state index in [1.165, 1.54) is 33.2 Å². The van der Waals surface area contributed by atoms with E-state index in [1.807, 2.05) is 0 Å². The highest BCUT2D eigenvalue weighted by Gasteiger charge is 2.17. The molecule has 0 spiro atoms. The topological polar surface area (TPSA) is 95.6 Å². The first-order valence-corrected chi connectivity index (χ1v) is 9.31. The fraction of sp³-hybridized carbons (Fsp3) is 0.222. The molecule has 2 aromatic carbocycles. The van der Waals surface area contributed by atoms with Crippen LogP contribution in [0.4, 0.5) is 11.4 Å². The lowest BCUT2D eigenvalue weighted by atomic mass is 10.1. The average molecular weight is 375 g/mol. The first-order chi connectivity index (χ1) is 12.2. The quantitative estimate of drug-likeness (QED) is 0.723. The third kappa shape index (κ3) is 4.90. The summed E-state index contributed by atoms with van der Waals surface area (Å²) < 4.78 is 25.4. The number of ketones is 1. The highest BCUT2D eigenvalue weighted by molar-refractivity contribution is 7.89. The molecule has 2 N–H and O–H groups in total. The Morgan fingerprint density at radius 2 is 1.65 bits per heavy atom. The zero-order chi connectivity index (χ0) is 19.3. The Hall–Kier alpha value is -2.71. The largest absolute Gasteiger partial charge is 0.376 e. The minimum absolute atomic E-state index is 0.0218. The minimum atomic E-state index is -3.57. The predicted octanol–water partition coefficient (Wildman–Crippen LogP) is 2.19. The van der Waals surface area contributed by atoms with Gasteiger partial charge in [0.2, 0.25) is 15.9 Å². The summed E-state index contributed by atoms with van der Waals surface area (Å²) in [4.78, 5) is 23.6. The van der Waals surface area contributed by atoms with E-state index in [0.29, 0.717) is 16.9 Å². The molecule has 7 nitrogen and oxygen atoms in total. The summed E-state index contributed by atoms with van der Waals surface area (Å²) in [5.74, 6) is -0.394. The molecule has 2 rings (SSSR count). The zero-order valence-electron chi connectivity index (χ0n) is 14.8. The number of carbonyl (C=O) groups is 2. The number of sulfonamides is 1. The standard InChI is InChI=1S/C18H21N3O4S/c1-13(22)14-6-4-7-15(10-14)19-12-18(23)20-16-8-5-9-17(11-16)26(24,25)21(2)3/h4-11,19H,12H2,1-3H3,(H,20,23). The Kier molecular flexibility index (Phi) is 6.12. The molecule has 0 heterocycles. The van der Waals surface area contributed by atoms with Crippen molar-refractivity contribution in [1.29, 1.82) is 0 Å². The average Bonchev–Trinajstić information content (AvgIpc) is 2.60. The van der Waals surface area contributed by atoms with Crippen LogP contribution in [-0.4, -0.2) is 45.1 Å². The molecule has 8 heteroatoms. The van der Waals surface area contributed by atoms with Crippen molar-refractivity contribution in [2.75, 3.05) is 31.3 Å². The fourth-order valence-electron chi connectivity index (χ4n) is 2.18. The Morgan fingerprint density at radius 3 is 2.31 bits per heavy atom. The number of nitrogens with zero attached hydrogens (tertiary/aromatic N) is 1. The lowest BCUT2D eigenvalue weighted by molar-refractivity contribution is -0.114. The molecule has 0 atom stereocenters. The van der Waals surface area contributed by atoms with E-state index in [1.54, 1.807) is 36.4 Å². The third-order valence-electron chi connectivity index (χ3n) is 3.62. The maximum Gasteiger partial charge on any atom is 0.243 e. The summed E-state index contributed by atoms with van der Waals surface area (Å²) >= 11 is 0. The highest BCUT2D eigenvalue weighted by Crippen LogP contribution is 2.18. The second kappa shape index (κ2) is 8.11. The smallest absolute Gasteiger partial charge is 0.243 e. The van der Waals surface area contributed by atoms with Gasteiger partial charge in [0.15, 0.2) is 5.78 Å². The number of Topliss-reactive ketones (excluding diaryl/α,β-unsaturated/α-hetero) is 1. The van der Waals surface area contributed by atoms with Gasteiger partial charge >= 0.3 is 0 Å². The summed E-state index contributed by atoms with van der Waals surface area (Å²) in [5.41, 5.74) is 1.59. The predicted molar refractivity (Wildman–Crippen MR) is 101 cm³/mol. The van der Waals surface area contributed by atoms with Crippen molar-refractivity contribution in [3.05, 3.63) is 54.1 Å². The fourth-order valence-corrected chi connectivity index (χ4v) is 3.13. The van der Waals surface area contributed by atoms with Gasteiger partial charge in [-0.15, -0.1) is 0 Å². The summed E-state index contributed by atoms with van der Waals surface area (Å²) in [6.07, 6.45) is 0. The molecule has 0 aliphatic rings. The van der Waals surface area contributed by atoms with Crippen molar-refractivity contribution >= 4 is 33.1 Å². The Bertz CT molecular complexity index is 924. The van der Waals surface area contributed by atoms with E-state index in [2.05, 4.69) is 10.6 Å². The molecule has 1 amide bonds. The zero-order valence-corrected chi connectivity index (χ0v) is 15.6. The van der Waals surface area contributed by atoms with Crippen molar-refractivity contribution in [2.45, 2.75) is 11.8 Å². The van der Waals surface area contributed by atoms with E-state index in [4.69, 9.17) is 0 Å². The summed E-state index contributed by atoms with van der Waals surface area (Å²) in [5, 5.41) is 5.58. The molecule has 0 unspecified atom stereocenters. The molecule has 0 saturated carbocycles. The van der Waals surface area contributed by atoms with E-state index in [-0.39, 0.29) is 23.1 Å². The molecule has 0 fully saturated rings. The van der Waals surface area contributed by atoms with Crippen LogP contribution in [0.1, 0.15) is 17.3 Å². The van der Waals surface area contributed by atoms with Crippen LogP contribution in [0.5, 0.6) is 0 Å². The molecule has 0 radical (unpaired) electrons. The minimum Gasteiger partial charge on any atom is -0.376 e. The van der Waals surface area contributed by atoms with Crippen LogP contribution in [0, 0.1) is 0 Å². The highest BCUT2D eigenvalue weighted by atomic mass is 32.2. The van der Waals surface area contributed by atoms with Crippen molar-refractivity contribution < 1.29 is 18.0 Å². The molecule has 138 valence electrons. The molecule has 0 bridgehead atoms. The molecular formula is C18H21N3O4S. The SMILES string of the molecule is CC(=O)c1cccc(NCC(=O)Nc2cccc(S(=O)(=O)N(C)C)c2)c1. The van der Waals surface area contributed by atoms with Gasteiger partial charge in [-0.1, -0.05) is 18.2 Å². The first-order valence-electron chi connectivity index (χ1n) is 7.87. The molecule has 26 heavy (non-hydrogen) atoms. The summed E-state index contributed by atoms with van der Waals surface area (Å²) in [7, 11) is -0.681. The molecular weight excluding hydrogens is 354 g/mol. The van der Waals surface area contributed by atoms with Crippen LogP contribution < -0.4 is 10.6 Å². The monoisotopic (exact) mass is 375 g/mol. The Labute approximate surface area is 153 Å². The lowest BCUT2D eigenvalue weighted by Crippen LogP contribution is -2.23. The van der Waals surface area contributed by atoms with Gasteiger partial charge in [-0.05, 0) is 37.3 Å². The van der Waals surface area contributed by atoms with Gasteiger partial charge in [0.25, 0.3) is 0 Å². The van der Waals surface area contributed by atoms with Gasteiger partial charge in [0.1, 0.15) is 0 Å². The van der Waals surface area contributed by atoms with Crippen LogP contribution in [0.3, 0.4) is 0 Å². The number of carbonyl (C=O) groups excluding carboxylic acids is 2. The van der Waals surface area contributed by atoms with Gasteiger partial charge in [0.05, 0.1) is 11.4 Å². The van der Waals surface area contributed by atoms with E-state index >= 15 is 0 Å². The number of amides is 1. The maximum absolute atomic E-state index is 12.1. The van der Waals surface area contributed by atoms with Crippen LogP contribution in [-0.2, 0) is 14.8 Å². The second-order valence-corrected chi connectivity index (χ2v) is 8.01. The van der Waals surface area contributed by atoms with Crippen LogP contribution >= 0.6 is 0 Å². The number of hydrogen-bond acceptors (Lipinski definition) is 5. The van der Waals surface area contributed by atoms with Gasteiger partial charge in [-0.3, -0.25) is 9.59 Å². The van der Waals surface area contributed by atoms with Crippen LogP contribution in [0.15, 0.2) is 53.4 Å². The van der Waals surface area contributed by atoms with Gasteiger partial charge in [0, 0.05) is 31.0 Å². The normalized spacial score (nSPS) is 11.2. The summed E-state index contributed by atoms with van der Waals surface area (Å²) in [6.45, 7) is 1.45. The number of rotatable bonds is 7. The molecule has 0 aliphatic carbocycles. The Morgan fingerprint density at radius 1 is 1.00 bits per heavy atom. The number of hydrogen-bond donors (Lipinski definition) is 2.